The summed E-state index contributed by atoms with van der Waals surface area (Å²) >= 11 is 0. The van der Waals surface area contributed by atoms with Gasteiger partial charge in [-0.1, -0.05) is 0 Å². The van der Waals surface area contributed by atoms with E-state index in [0.29, 0.717) is 19.5 Å². The van der Waals surface area contributed by atoms with Crippen LogP contribution in [0.25, 0.3) is 0 Å². The molecule has 0 radical (unpaired) electrons. The molecule has 5 nitrogen and oxygen atoms in total. The zero-order valence-electron chi connectivity index (χ0n) is 12.6. The maximum absolute atomic E-state index is 6.01. The smallest absolute Gasteiger partial charge is 0.189 e. The van der Waals surface area contributed by atoms with Crippen molar-refractivity contribution in [3.05, 3.63) is 23.3 Å². The van der Waals surface area contributed by atoms with Crippen molar-refractivity contribution >= 4 is 5.69 Å². The Balaban J connectivity index is 1.73. The van der Waals surface area contributed by atoms with Gasteiger partial charge in [-0.25, -0.2) is 0 Å². The Kier molecular flexibility index (Phi) is 4.63. The van der Waals surface area contributed by atoms with Crippen molar-refractivity contribution < 1.29 is 14.2 Å². The first kappa shape index (κ1) is 14.6. The van der Waals surface area contributed by atoms with Crippen LogP contribution in [0.3, 0.4) is 0 Å². The van der Waals surface area contributed by atoms with E-state index >= 15 is 0 Å². The Morgan fingerprint density at radius 3 is 3.19 bits per heavy atom. The quantitative estimate of drug-likeness (QED) is 0.862. The van der Waals surface area contributed by atoms with Crippen LogP contribution >= 0.6 is 0 Å². The second-order valence-corrected chi connectivity index (χ2v) is 5.73. The molecule has 116 valence electrons. The predicted octanol–water partition coefficient (Wildman–Crippen LogP) is 2.14. The average molecular weight is 292 g/mol. The number of hydrogen-bond donors (Lipinski definition) is 1. The summed E-state index contributed by atoms with van der Waals surface area (Å²) in [6.07, 6.45) is 2.69. The molecular weight excluding hydrogens is 268 g/mol. The molecule has 0 aliphatic carbocycles. The Morgan fingerprint density at radius 1 is 1.43 bits per heavy atom. The summed E-state index contributed by atoms with van der Waals surface area (Å²) in [5, 5.41) is 0. The number of likely N-dealkylation sites (tertiary alicyclic amines) is 1. The third-order valence-electron chi connectivity index (χ3n) is 4.07. The maximum Gasteiger partial charge on any atom is 0.189 e. The number of nitrogen functional groups attached to an aromatic ring is 1. The number of nitrogens with zero attached hydrogens (tertiary/aromatic N) is 1. The number of hydrogen-bond acceptors (Lipinski definition) is 5. The lowest BCUT2D eigenvalue weighted by Crippen LogP contribution is -2.39. The molecule has 1 saturated heterocycles. The molecule has 0 aromatic heterocycles. The monoisotopic (exact) mass is 292 g/mol. The Morgan fingerprint density at radius 2 is 2.33 bits per heavy atom. The second-order valence-electron chi connectivity index (χ2n) is 5.73. The fourth-order valence-corrected chi connectivity index (χ4v) is 3.21. The van der Waals surface area contributed by atoms with Gasteiger partial charge in [0.1, 0.15) is 5.75 Å². The van der Waals surface area contributed by atoms with Crippen molar-refractivity contribution in [2.75, 3.05) is 32.2 Å². The van der Waals surface area contributed by atoms with Crippen molar-refractivity contribution in [2.24, 2.45) is 0 Å². The van der Waals surface area contributed by atoms with E-state index in [1.54, 1.807) is 0 Å². The van der Waals surface area contributed by atoms with E-state index in [0.717, 1.165) is 55.2 Å². The molecule has 21 heavy (non-hydrogen) atoms. The molecule has 2 N–H and O–H groups in total. The average Bonchev–Trinajstić information content (AvgIpc) is 2.48. The molecule has 2 aliphatic rings. The molecule has 0 saturated carbocycles. The molecule has 3 rings (SSSR count). The van der Waals surface area contributed by atoms with Crippen LogP contribution in [0.15, 0.2) is 12.1 Å². The van der Waals surface area contributed by atoms with Crippen LogP contribution < -0.4 is 10.5 Å². The highest BCUT2D eigenvalue weighted by Gasteiger charge is 2.23. The molecule has 1 atom stereocenters. The maximum atomic E-state index is 6.01. The summed E-state index contributed by atoms with van der Waals surface area (Å²) in [7, 11) is 0. The van der Waals surface area contributed by atoms with Crippen molar-refractivity contribution in [2.45, 2.75) is 39.0 Å². The van der Waals surface area contributed by atoms with E-state index in [1.165, 1.54) is 6.42 Å². The van der Waals surface area contributed by atoms with E-state index in [4.69, 9.17) is 19.9 Å². The van der Waals surface area contributed by atoms with Crippen molar-refractivity contribution in [3.63, 3.8) is 0 Å². The lowest BCUT2D eigenvalue weighted by molar-refractivity contribution is -0.0188. The van der Waals surface area contributed by atoms with Crippen molar-refractivity contribution in [1.82, 2.24) is 4.90 Å². The molecular formula is C16H24N2O3. The molecule has 1 aromatic rings. The first-order chi connectivity index (χ1) is 10.3. The molecule has 2 aliphatic heterocycles. The largest absolute Gasteiger partial charge is 0.467 e. The van der Waals surface area contributed by atoms with Gasteiger partial charge in [0, 0.05) is 36.5 Å². The first-order valence-corrected chi connectivity index (χ1v) is 7.72. The third kappa shape index (κ3) is 3.48. The summed E-state index contributed by atoms with van der Waals surface area (Å²) in [6.45, 7) is 6.68. The van der Waals surface area contributed by atoms with E-state index in [9.17, 15) is 0 Å². The Hall–Kier alpha value is -1.30. The standard InChI is InChI=1S/C16H24N2O3/c1-2-20-15-4-3-5-18(9-15)8-12-6-14(17)7-13-10-19-11-21-16(12)13/h6-7,15H,2-5,8-11,17H2,1H3. The topological polar surface area (TPSA) is 57.0 Å². The van der Waals surface area contributed by atoms with Gasteiger partial charge in [0.05, 0.1) is 12.7 Å². The number of rotatable bonds is 4. The van der Waals surface area contributed by atoms with Crippen LogP contribution in [0.5, 0.6) is 5.75 Å². The van der Waals surface area contributed by atoms with Crippen molar-refractivity contribution in [3.8, 4) is 5.75 Å². The summed E-state index contributed by atoms with van der Waals surface area (Å²) < 4.78 is 16.8. The van der Waals surface area contributed by atoms with Crippen LogP contribution in [0, 0.1) is 0 Å². The molecule has 0 spiro atoms. The van der Waals surface area contributed by atoms with E-state index in [1.807, 2.05) is 12.1 Å². The number of piperidine rings is 1. The van der Waals surface area contributed by atoms with Gasteiger partial charge in [-0.3, -0.25) is 4.90 Å². The summed E-state index contributed by atoms with van der Waals surface area (Å²) in [5.41, 5.74) is 8.99. The minimum absolute atomic E-state index is 0.325. The molecule has 5 heteroatoms. The van der Waals surface area contributed by atoms with E-state index < -0.39 is 0 Å². The second kappa shape index (κ2) is 6.64. The first-order valence-electron chi connectivity index (χ1n) is 7.72. The highest BCUT2D eigenvalue weighted by molar-refractivity contribution is 5.53. The molecule has 1 unspecified atom stereocenters. The van der Waals surface area contributed by atoms with Crippen LogP contribution in [0.2, 0.25) is 0 Å². The Labute approximate surface area is 126 Å². The fraction of sp³-hybridized carbons (Fsp3) is 0.625. The van der Waals surface area contributed by atoms with Crippen LogP contribution in [0.1, 0.15) is 30.9 Å². The number of anilines is 1. The predicted molar refractivity (Wildman–Crippen MR) is 81.1 cm³/mol. The van der Waals surface area contributed by atoms with Crippen molar-refractivity contribution in [1.29, 1.82) is 0 Å². The highest BCUT2D eigenvalue weighted by atomic mass is 16.7. The summed E-state index contributed by atoms with van der Waals surface area (Å²) in [4.78, 5) is 2.43. The van der Waals surface area contributed by atoms with Gasteiger partial charge < -0.3 is 19.9 Å². The van der Waals surface area contributed by atoms with Crippen LogP contribution in [-0.4, -0.2) is 37.5 Å². The number of fused-ring (bicyclic) bond motifs is 1. The van der Waals surface area contributed by atoms with E-state index in [2.05, 4.69) is 11.8 Å². The van der Waals surface area contributed by atoms with Gasteiger partial charge in [0.2, 0.25) is 0 Å². The van der Waals surface area contributed by atoms with Crippen LogP contribution in [0.4, 0.5) is 5.69 Å². The Bertz CT molecular complexity index is 491. The summed E-state index contributed by atoms with van der Waals surface area (Å²) in [6, 6.07) is 3.96. The zero-order valence-corrected chi connectivity index (χ0v) is 12.6. The SMILES string of the molecule is CCOC1CCCN(Cc2cc(N)cc3c2OCOC3)C1. The van der Waals surface area contributed by atoms with Gasteiger partial charge in [-0.05, 0) is 38.4 Å². The van der Waals surface area contributed by atoms with Gasteiger partial charge >= 0.3 is 0 Å². The number of nitrogens with two attached hydrogens (primary N) is 1. The molecule has 1 fully saturated rings. The third-order valence-corrected chi connectivity index (χ3v) is 4.07. The minimum Gasteiger partial charge on any atom is -0.467 e. The van der Waals surface area contributed by atoms with E-state index in [-0.39, 0.29) is 0 Å². The lowest BCUT2D eigenvalue weighted by atomic mass is 10.0. The fourth-order valence-electron chi connectivity index (χ4n) is 3.21. The lowest BCUT2D eigenvalue weighted by Gasteiger charge is -2.33. The highest BCUT2D eigenvalue weighted by Crippen LogP contribution is 2.32. The molecule has 2 heterocycles. The zero-order chi connectivity index (χ0) is 14.7. The summed E-state index contributed by atoms with van der Waals surface area (Å²) in [5.74, 6) is 0.953. The minimum atomic E-state index is 0.325. The number of ether oxygens (including phenoxy) is 3. The van der Waals surface area contributed by atoms with Crippen LogP contribution in [-0.2, 0) is 22.6 Å². The van der Waals surface area contributed by atoms with Gasteiger partial charge in [-0.15, -0.1) is 0 Å². The van der Waals surface area contributed by atoms with Gasteiger partial charge in [0.25, 0.3) is 0 Å². The van der Waals surface area contributed by atoms with Gasteiger partial charge in [0.15, 0.2) is 6.79 Å². The normalized spacial score (nSPS) is 22.6. The molecule has 1 aromatic carbocycles. The molecule has 0 bridgehead atoms. The van der Waals surface area contributed by atoms with Gasteiger partial charge in [-0.2, -0.15) is 0 Å². The number of benzene rings is 1. The molecule has 0 amide bonds.